The molecule has 0 unspecified atom stereocenters. The molecule has 0 bridgehead atoms. The van der Waals surface area contributed by atoms with E-state index in [1.165, 1.54) is 5.01 Å². The lowest BCUT2D eigenvalue weighted by Crippen LogP contribution is -2.45. The molecule has 1 amide bonds. The van der Waals surface area contributed by atoms with Gasteiger partial charge in [0.15, 0.2) is 5.78 Å². The smallest absolute Gasteiger partial charge is 0.273 e. The Kier molecular flexibility index (Phi) is 5.85. The second-order valence-corrected chi connectivity index (χ2v) is 6.89. The number of halogens is 1. The van der Waals surface area contributed by atoms with Gasteiger partial charge in [-0.2, -0.15) is 0 Å². The number of nitrogens with zero attached hydrogens (tertiary/aromatic N) is 2. The fourth-order valence-corrected chi connectivity index (χ4v) is 3.15. The minimum atomic E-state index is -0.277. The van der Waals surface area contributed by atoms with E-state index in [1.54, 1.807) is 60.3 Å². The molecule has 3 aromatic rings. The Labute approximate surface area is 169 Å². The van der Waals surface area contributed by atoms with E-state index in [-0.39, 0.29) is 18.2 Å². The van der Waals surface area contributed by atoms with Gasteiger partial charge in [-0.15, -0.1) is 0 Å². The molecule has 0 spiro atoms. The molecule has 0 saturated carbocycles. The summed E-state index contributed by atoms with van der Waals surface area (Å²) in [5, 5.41) is 2.01. The van der Waals surface area contributed by atoms with Crippen LogP contribution in [0, 0.1) is 13.8 Å². The maximum absolute atomic E-state index is 13.2. The summed E-state index contributed by atoms with van der Waals surface area (Å²) >= 11 is 5.94. The van der Waals surface area contributed by atoms with Crippen molar-refractivity contribution in [1.82, 2.24) is 4.68 Å². The topological polar surface area (TPSA) is 51.5 Å². The third-order valence-electron chi connectivity index (χ3n) is 4.51. The van der Waals surface area contributed by atoms with Crippen LogP contribution in [0.5, 0.6) is 5.75 Å². The third-order valence-corrected chi connectivity index (χ3v) is 4.76. The highest BCUT2D eigenvalue weighted by Crippen LogP contribution is 2.17. The van der Waals surface area contributed by atoms with Crippen LogP contribution < -0.4 is 9.75 Å². The summed E-state index contributed by atoms with van der Waals surface area (Å²) in [5.74, 6) is 0.223. The number of rotatable bonds is 6. The Morgan fingerprint density at radius 3 is 1.96 bits per heavy atom. The number of carbonyl (C=O) groups excluding carboxylic acids is 2. The SMILES string of the molecule is COc1ccc(C(=O)CN(C(=O)c2ccc(Cl)cc2)n2c(C)ccc2C)cc1. The summed E-state index contributed by atoms with van der Waals surface area (Å²) in [4.78, 5) is 26.1. The van der Waals surface area contributed by atoms with Gasteiger partial charge >= 0.3 is 0 Å². The molecule has 0 radical (unpaired) electrons. The molecule has 28 heavy (non-hydrogen) atoms. The quantitative estimate of drug-likeness (QED) is 0.579. The molecule has 0 N–H and O–H groups in total. The number of carbonyl (C=O) groups is 2. The van der Waals surface area contributed by atoms with Crippen LogP contribution in [-0.4, -0.2) is 30.0 Å². The van der Waals surface area contributed by atoms with Gasteiger partial charge in [0.05, 0.1) is 7.11 Å². The zero-order valence-corrected chi connectivity index (χ0v) is 16.7. The van der Waals surface area contributed by atoms with Crippen LogP contribution in [0.15, 0.2) is 60.7 Å². The van der Waals surface area contributed by atoms with Gasteiger partial charge in [-0.3, -0.25) is 14.3 Å². The minimum absolute atomic E-state index is 0.0931. The minimum Gasteiger partial charge on any atom is -0.497 e. The Bertz CT molecular complexity index is 972. The summed E-state index contributed by atoms with van der Waals surface area (Å²) in [5.41, 5.74) is 2.70. The Morgan fingerprint density at radius 1 is 0.893 bits per heavy atom. The maximum Gasteiger partial charge on any atom is 0.273 e. The molecule has 1 aromatic heterocycles. The average molecular weight is 397 g/mol. The number of amides is 1. The van der Waals surface area contributed by atoms with Crippen LogP contribution >= 0.6 is 11.6 Å². The van der Waals surface area contributed by atoms with E-state index in [9.17, 15) is 9.59 Å². The first-order valence-corrected chi connectivity index (χ1v) is 9.18. The van der Waals surface area contributed by atoms with Gasteiger partial charge in [-0.1, -0.05) is 11.6 Å². The molecule has 5 nitrogen and oxygen atoms in total. The first-order valence-electron chi connectivity index (χ1n) is 8.80. The summed E-state index contributed by atoms with van der Waals surface area (Å²) in [6, 6.07) is 17.3. The Hall–Kier alpha value is -3.05. The van der Waals surface area contributed by atoms with E-state index in [0.29, 0.717) is 21.9 Å². The number of Topliss-reactive ketones (excluding diaryl/α,β-unsaturated/α-hetero) is 1. The number of hydrogen-bond acceptors (Lipinski definition) is 3. The molecule has 0 aliphatic rings. The second-order valence-electron chi connectivity index (χ2n) is 6.45. The van der Waals surface area contributed by atoms with Gasteiger partial charge in [0.2, 0.25) is 0 Å². The van der Waals surface area contributed by atoms with Gasteiger partial charge in [-0.05, 0) is 74.5 Å². The summed E-state index contributed by atoms with van der Waals surface area (Å²) in [7, 11) is 1.57. The second kappa shape index (κ2) is 8.31. The number of ketones is 1. The van der Waals surface area contributed by atoms with Crippen molar-refractivity contribution in [2.75, 3.05) is 18.7 Å². The van der Waals surface area contributed by atoms with E-state index < -0.39 is 0 Å². The van der Waals surface area contributed by atoms with E-state index in [1.807, 2.05) is 26.0 Å². The molecule has 1 heterocycles. The van der Waals surface area contributed by atoms with Crippen LogP contribution in [0.2, 0.25) is 5.02 Å². The van der Waals surface area contributed by atoms with Crippen LogP contribution in [0.1, 0.15) is 32.1 Å². The zero-order chi connectivity index (χ0) is 20.3. The fraction of sp³-hybridized carbons (Fsp3) is 0.182. The van der Waals surface area contributed by atoms with Gasteiger partial charge in [0.1, 0.15) is 12.3 Å². The van der Waals surface area contributed by atoms with Crippen molar-refractivity contribution in [2.24, 2.45) is 0 Å². The lowest BCUT2D eigenvalue weighted by Gasteiger charge is -2.26. The first kappa shape index (κ1) is 19.7. The highest BCUT2D eigenvalue weighted by Gasteiger charge is 2.23. The molecule has 3 rings (SSSR count). The Balaban J connectivity index is 1.95. The number of benzene rings is 2. The number of methoxy groups -OCH3 is 1. The molecule has 0 atom stereocenters. The van der Waals surface area contributed by atoms with E-state index in [0.717, 1.165) is 11.4 Å². The van der Waals surface area contributed by atoms with E-state index >= 15 is 0 Å². The number of aryl methyl sites for hydroxylation is 2. The van der Waals surface area contributed by atoms with Crippen molar-refractivity contribution >= 4 is 23.3 Å². The summed E-state index contributed by atoms with van der Waals surface area (Å²) in [6.45, 7) is 3.70. The van der Waals surface area contributed by atoms with E-state index in [2.05, 4.69) is 0 Å². The van der Waals surface area contributed by atoms with E-state index in [4.69, 9.17) is 16.3 Å². The highest BCUT2D eigenvalue weighted by molar-refractivity contribution is 6.30. The Morgan fingerprint density at radius 2 is 1.43 bits per heavy atom. The fourth-order valence-electron chi connectivity index (χ4n) is 3.02. The largest absolute Gasteiger partial charge is 0.497 e. The lowest BCUT2D eigenvalue weighted by molar-refractivity contribution is 0.0908. The predicted octanol–water partition coefficient (Wildman–Crippen LogP) is 4.43. The normalized spacial score (nSPS) is 10.6. The van der Waals surface area contributed by atoms with Crippen molar-refractivity contribution in [3.63, 3.8) is 0 Å². The maximum atomic E-state index is 13.2. The number of ether oxygens (including phenoxy) is 1. The van der Waals surface area contributed by atoms with Crippen molar-refractivity contribution in [3.05, 3.63) is 88.2 Å². The molecular formula is C22H21ClN2O3. The highest BCUT2D eigenvalue weighted by atomic mass is 35.5. The molecule has 0 saturated heterocycles. The molecule has 0 aliphatic heterocycles. The van der Waals surface area contributed by atoms with Crippen molar-refractivity contribution in [3.8, 4) is 5.75 Å². The first-order chi connectivity index (χ1) is 13.4. The van der Waals surface area contributed by atoms with Crippen molar-refractivity contribution in [2.45, 2.75) is 13.8 Å². The van der Waals surface area contributed by atoms with Crippen molar-refractivity contribution in [1.29, 1.82) is 0 Å². The average Bonchev–Trinajstić information content (AvgIpc) is 3.04. The van der Waals surface area contributed by atoms with Gasteiger partial charge in [0.25, 0.3) is 5.91 Å². The number of hydrogen-bond donors (Lipinski definition) is 0. The zero-order valence-electron chi connectivity index (χ0n) is 16.0. The van der Waals surface area contributed by atoms with Gasteiger partial charge in [0, 0.05) is 27.5 Å². The number of aromatic nitrogens is 1. The molecule has 144 valence electrons. The lowest BCUT2D eigenvalue weighted by atomic mass is 10.1. The third kappa shape index (κ3) is 4.10. The molecular weight excluding hydrogens is 376 g/mol. The molecule has 0 aliphatic carbocycles. The standard InChI is InChI=1S/C22H21ClN2O3/c1-15-4-5-16(2)25(15)24(22(27)18-6-10-19(23)11-7-18)14-21(26)17-8-12-20(28-3)13-9-17/h4-13H,14H2,1-3H3. The monoisotopic (exact) mass is 396 g/mol. The molecule has 2 aromatic carbocycles. The van der Waals surface area contributed by atoms with Crippen LogP contribution in [0.25, 0.3) is 0 Å². The van der Waals surface area contributed by atoms with Gasteiger partial charge in [-0.25, -0.2) is 5.01 Å². The summed E-state index contributed by atoms with van der Waals surface area (Å²) in [6.07, 6.45) is 0. The summed E-state index contributed by atoms with van der Waals surface area (Å²) < 4.78 is 6.90. The molecule has 6 heteroatoms. The van der Waals surface area contributed by atoms with Crippen molar-refractivity contribution < 1.29 is 14.3 Å². The van der Waals surface area contributed by atoms with Crippen LogP contribution in [0.3, 0.4) is 0 Å². The molecule has 0 fully saturated rings. The predicted molar refractivity (Wildman–Crippen MR) is 110 cm³/mol. The van der Waals surface area contributed by atoms with Crippen LogP contribution in [0.4, 0.5) is 0 Å². The van der Waals surface area contributed by atoms with Crippen LogP contribution in [-0.2, 0) is 0 Å². The van der Waals surface area contributed by atoms with Gasteiger partial charge < -0.3 is 4.74 Å².